The number of aryl methyl sites for hydroxylation is 1. The van der Waals surface area contributed by atoms with Gasteiger partial charge in [0.2, 0.25) is 21.8 Å². The lowest BCUT2D eigenvalue weighted by atomic mass is 10.1. The second kappa shape index (κ2) is 10.4. The van der Waals surface area contributed by atoms with Crippen LogP contribution in [0, 0.1) is 6.92 Å². The second-order valence-electron chi connectivity index (χ2n) is 7.96. The standard InChI is InChI=1S/C23H31N3O4S/c1-17(2)24-23(28)19(4)25(15-20-11-7-6-8-12-20)22(27)16-26(31(5,29)30)21-13-9-10-18(3)14-21/h6-14,17,19H,15-16H2,1-5H3,(H,24,28)/t19-/m0/s1. The monoisotopic (exact) mass is 445 g/mol. The number of sulfonamides is 1. The SMILES string of the molecule is Cc1cccc(N(CC(=O)N(Cc2ccccc2)[C@@H](C)C(=O)NC(C)C)S(C)(=O)=O)c1. The molecule has 31 heavy (non-hydrogen) atoms. The molecule has 0 heterocycles. The fourth-order valence-corrected chi connectivity index (χ4v) is 4.01. The Bertz CT molecular complexity index is 1010. The fraction of sp³-hybridized carbons (Fsp3) is 0.391. The summed E-state index contributed by atoms with van der Waals surface area (Å²) in [6, 6.07) is 15.4. The molecule has 0 aliphatic rings. The minimum Gasteiger partial charge on any atom is -0.352 e. The molecule has 0 fully saturated rings. The number of hydrogen-bond donors (Lipinski definition) is 1. The summed E-state index contributed by atoms with van der Waals surface area (Å²) in [7, 11) is -3.72. The molecular weight excluding hydrogens is 414 g/mol. The largest absolute Gasteiger partial charge is 0.352 e. The molecule has 1 atom stereocenters. The topological polar surface area (TPSA) is 86.8 Å². The zero-order valence-corrected chi connectivity index (χ0v) is 19.5. The lowest BCUT2D eigenvalue weighted by Crippen LogP contribution is -2.52. The zero-order valence-electron chi connectivity index (χ0n) is 18.7. The first kappa shape index (κ1) is 24.4. The molecular formula is C23H31N3O4S. The van der Waals surface area contributed by atoms with E-state index in [0.29, 0.717) is 5.69 Å². The Morgan fingerprint density at radius 1 is 1.00 bits per heavy atom. The molecule has 0 bridgehead atoms. The highest BCUT2D eigenvalue weighted by Crippen LogP contribution is 2.20. The highest BCUT2D eigenvalue weighted by molar-refractivity contribution is 7.92. The van der Waals surface area contributed by atoms with Crippen molar-refractivity contribution in [3.05, 3.63) is 65.7 Å². The summed E-state index contributed by atoms with van der Waals surface area (Å²) in [5.41, 5.74) is 2.14. The zero-order chi connectivity index (χ0) is 23.2. The number of nitrogens with one attached hydrogen (secondary N) is 1. The highest BCUT2D eigenvalue weighted by Gasteiger charge is 2.30. The van der Waals surface area contributed by atoms with Crippen molar-refractivity contribution in [3.8, 4) is 0 Å². The molecule has 168 valence electrons. The third-order valence-electron chi connectivity index (χ3n) is 4.76. The van der Waals surface area contributed by atoms with Crippen LogP contribution in [0.25, 0.3) is 0 Å². The van der Waals surface area contributed by atoms with E-state index in [2.05, 4.69) is 5.32 Å². The average molecular weight is 446 g/mol. The molecule has 0 aromatic heterocycles. The molecule has 2 aromatic carbocycles. The van der Waals surface area contributed by atoms with Gasteiger partial charge in [-0.1, -0.05) is 42.5 Å². The molecule has 2 rings (SSSR count). The van der Waals surface area contributed by atoms with Gasteiger partial charge in [-0.15, -0.1) is 0 Å². The van der Waals surface area contributed by atoms with Crippen molar-refractivity contribution < 1.29 is 18.0 Å². The summed E-state index contributed by atoms with van der Waals surface area (Å²) in [5, 5.41) is 2.82. The number of anilines is 1. The number of nitrogens with zero attached hydrogens (tertiary/aromatic N) is 2. The number of rotatable bonds is 9. The predicted octanol–water partition coefficient (Wildman–Crippen LogP) is 2.70. The molecule has 8 heteroatoms. The predicted molar refractivity (Wildman–Crippen MR) is 123 cm³/mol. The number of hydrogen-bond acceptors (Lipinski definition) is 4. The number of benzene rings is 2. The van der Waals surface area contributed by atoms with E-state index in [1.807, 2.05) is 57.2 Å². The van der Waals surface area contributed by atoms with Gasteiger partial charge in [0.05, 0.1) is 11.9 Å². The van der Waals surface area contributed by atoms with Crippen molar-refractivity contribution in [3.63, 3.8) is 0 Å². The van der Waals surface area contributed by atoms with Crippen LogP contribution in [0.3, 0.4) is 0 Å². The molecule has 0 aliphatic carbocycles. The molecule has 0 saturated carbocycles. The first-order chi connectivity index (χ1) is 14.5. The van der Waals surface area contributed by atoms with Gasteiger partial charge in [0.15, 0.2) is 0 Å². The molecule has 2 amide bonds. The van der Waals surface area contributed by atoms with E-state index in [-0.39, 0.29) is 18.5 Å². The van der Waals surface area contributed by atoms with Crippen molar-refractivity contribution in [2.24, 2.45) is 0 Å². The lowest BCUT2D eigenvalue weighted by molar-refractivity contribution is -0.139. The molecule has 0 saturated heterocycles. The maximum atomic E-state index is 13.3. The molecule has 0 radical (unpaired) electrons. The smallest absolute Gasteiger partial charge is 0.244 e. The summed E-state index contributed by atoms with van der Waals surface area (Å²) in [5.74, 6) is -0.747. The molecule has 1 N–H and O–H groups in total. The van der Waals surface area contributed by atoms with Crippen LogP contribution in [-0.2, 0) is 26.2 Å². The van der Waals surface area contributed by atoms with Crippen LogP contribution in [0.1, 0.15) is 31.9 Å². The number of carbonyl (C=O) groups is 2. The van der Waals surface area contributed by atoms with Crippen LogP contribution in [0.2, 0.25) is 0 Å². The Morgan fingerprint density at radius 2 is 1.65 bits per heavy atom. The van der Waals surface area contributed by atoms with E-state index in [1.54, 1.807) is 25.1 Å². The number of amides is 2. The van der Waals surface area contributed by atoms with E-state index in [1.165, 1.54) is 4.90 Å². The van der Waals surface area contributed by atoms with Gasteiger partial charge >= 0.3 is 0 Å². The third kappa shape index (κ3) is 7.10. The Kier molecular flexibility index (Phi) is 8.21. The van der Waals surface area contributed by atoms with Crippen LogP contribution >= 0.6 is 0 Å². The Hall–Kier alpha value is -2.87. The molecule has 2 aromatic rings. The minimum absolute atomic E-state index is 0.0801. The van der Waals surface area contributed by atoms with Gasteiger partial charge in [0, 0.05) is 12.6 Å². The van der Waals surface area contributed by atoms with Gasteiger partial charge in [0.1, 0.15) is 12.6 Å². The van der Waals surface area contributed by atoms with Gasteiger partial charge in [-0.2, -0.15) is 0 Å². The Balaban J connectivity index is 2.36. The highest BCUT2D eigenvalue weighted by atomic mass is 32.2. The fourth-order valence-electron chi connectivity index (χ4n) is 3.16. The second-order valence-corrected chi connectivity index (χ2v) is 9.86. The summed E-state index contributed by atoms with van der Waals surface area (Å²) in [4.78, 5) is 27.4. The van der Waals surface area contributed by atoms with Crippen LogP contribution < -0.4 is 9.62 Å². The van der Waals surface area contributed by atoms with Crippen molar-refractivity contribution in [1.82, 2.24) is 10.2 Å². The van der Waals surface area contributed by atoms with Crippen LogP contribution in [0.4, 0.5) is 5.69 Å². The summed E-state index contributed by atoms with van der Waals surface area (Å²) in [6.45, 7) is 6.99. The molecule has 0 unspecified atom stereocenters. The number of carbonyl (C=O) groups excluding carboxylic acids is 2. The summed E-state index contributed by atoms with van der Waals surface area (Å²) in [6.07, 6.45) is 1.07. The quantitative estimate of drug-likeness (QED) is 0.643. The van der Waals surface area contributed by atoms with Crippen LogP contribution in [-0.4, -0.2) is 50.0 Å². The molecule has 0 aliphatic heterocycles. The van der Waals surface area contributed by atoms with Gasteiger partial charge in [-0.3, -0.25) is 13.9 Å². The van der Waals surface area contributed by atoms with Crippen molar-refractivity contribution in [2.75, 3.05) is 17.1 Å². The maximum Gasteiger partial charge on any atom is 0.244 e. The summed E-state index contributed by atoms with van der Waals surface area (Å²) >= 11 is 0. The van der Waals surface area contributed by atoms with Crippen molar-refractivity contribution >= 4 is 27.5 Å². The van der Waals surface area contributed by atoms with Crippen molar-refractivity contribution in [1.29, 1.82) is 0 Å². The first-order valence-electron chi connectivity index (χ1n) is 10.2. The van der Waals surface area contributed by atoms with E-state index >= 15 is 0 Å². The van der Waals surface area contributed by atoms with Gasteiger partial charge in [-0.05, 0) is 51.0 Å². The van der Waals surface area contributed by atoms with E-state index in [9.17, 15) is 18.0 Å². The lowest BCUT2D eigenvalue weighted by Gasteiger charge is -2.32. The Labute approximate surface area is 185 Å². The van der Waals surface area contributed by atoms with Crippen molar-refractivity contribution in [2.45, 2.75) is 46.3 Å². The van der Waals surface area contributed by atoms with Gasteiger partial charge < -0.3 is 10.2 Å². The minimum atomic E-state index is -3.72. The average Bonchev–Trinajstić information content (AvgIpc) is 2.69. The first-order valence-corrected chi connectivity index (χ1v) is 12.0. The summed E-state index contributed by atoms with van der Waals surface area (Å²) < 4.78 is 26.0. The van der Waals surface area contributed by atoms with Gasteiger partial charge in [0.25, 0.3) is 0 Å². The third-order valence-corrected chi connectivity index (χ3v) is 5.90. The Morgan fingerprint density at radius 3 is 2.19 bits per heavy atom. The molecule has 7 nitrogen and oxygen atoms in total. The molecule has 0 spiro atoms. The van der Waals surface area contributed by atoms with E-state index in [0.717, 1.165) is 21.7 Å². The van der Waals surface area contributed by atoms with E-state index < -0.39 is 28.5 Å². The maximum absolute atomic E-state index is 13.3. The normalized spacial score (nSPS) is 12.3. The van der Waals surface area contributed by atoms with Crippen LogP contribution in [0.5, 0.6) is 0 Å². The van der Waals surface area contributed by atoms with Crippen LogP contribution in [0.15, 0.2) is 54.6 Å². The van der Waals surface area contributed by atoms with E-state index in [4.69, 9.17) is 0 Å². The van der Waals surface area contributed by atoms with Gasteiger partial charge in [-0.25, -0.2) is 8.42 Å².